The van der Waals surface area contributed by atoms with Gasteiger partial charge in [0.15, 0.2) is 5.96 Å². The molecule has 2 N–H and O–H groups in total. The summed E-state index contributed by atoms with van der Waals surface area (Å²) in [6.45, 7) is 6.47. The minimum Gasteiger partial charge on any atom is -0.496 e. The van der Waals surface area contributed by atoms with E-state index in [1.807, 2.05) is 25.1 Å². The lowest BCUT2D eigenvalue weighted by molar-refractivity contribution is 0.145. The average Bonchev–Trinajstić information content (AvgIpc) is 2.69. The normalized spacial score (nSPS) is 10.9. The van der Waals surface area contributed by atoms with Crippen LogP contribution in [0.25, 0.3) is 0 Å². The van der Waals surface area contributed by atoms with Gasteiger partial charge < -0.3 is 24.8 Å². The predicted octanol–water partition coefficient (Wildman–Crippen LogP) is 3.82. The second kappa shape index (κ2) is 13.3. The van der Waals surface area contributed by atoms with Crippen molar-refractivity contribution in [3.63, 3.8) is 0 Å². The molecule has 0 fully saturated rings. The molecule has 0 amide bonds. The van der Waals surface area contributed by atoms with Gasteiger partial charge in [-0.15, -0.1) is 24.0 Å². The number of guanidine groups is 1. The Morgan fingerprint density at radius 3 is 2.34 bits per heavy atom. The zero-order chi connectivity index (χ0) is 20.4. The lowest BCUT2D eigenvalue weighted by Gasteiger charge is -2.16. The average molecular weight is 513 g/mol. The van der Waals surface area contributed by atoms with E-state index >= 15 is 0 Å². The van der Waals surface area contributed by atoms with Gasteiger partial charge in [0, 0.05) is 32.8 Å². The first-order valence-corrected chi connectivity index (χ1v) is 9.36. The number of hydrogen-bond donors (Lipinski definition) is 2. The first-order chi connectivity index (χ1) is 13.6. The molecule has 0 aromatic heterocycles. The summed E-state index contributed by atoms with van der Waals surface area (Å²) in [7, 11) is 5.12. The van der Waals surface area contributed by atoms with Crippen molar-refractivity contribution in [1.82, 2.24) is 10.6 Å². The van der Waals surface area contributed by atoms with Gasteiger partial charge >= 0.3 is 0 Å². The van der Waals surface area contributed by atoms with E-state index in [9.17, 15) is 0 Å². The molecule has 0 unspecified atom stereocenters. The van der Waals surface area contributed by atoms with E-state index in [0.717, 1.165) is 34.1 Å². The molecule has 29 heavy (non-hydrogen) atoms. The number of rotatable bonds is 9. The molecular weight excluding hydrogens is 481 g/mol. The van der Waals surface area contributed by atoms with E-state index in [2.05, 4.69) is 40.7 Å². The molecule has 2 aromatic carbocycles. The van der Waals surface area contributed by atoms with Gasteiger partial charge in [0.2, 0.25) is 0 Å². The van der Waals surface area contributed by atoms with Crippen LogP contribution in [0.4, 0.5) is 0 Å². The first-order valence-electron chi connectivity index (χ1n) is 9.36. The Labute approximate surface area is 191 Å². The van der Waals surface area contributed by atoms with Crippen molar-refractivity contribution in [3.05, 3.63) is 58.7 Å². The molecule has 0 heterocycles. The van der Waals surface area contributed by atoms with Crippen molar-refractivity contribution < 1.29 is 14.2 Å². The fourth-order valence-corrected chi connectivity index (χ4v) is 2.81. The van der Waals surface area contributed by atoms with Gasteiger partial charge in [0.05, 0.1) is 13.7 Å². The van der Waals surface area contributed by atoms with E-state index in [4.69, 9.17) is 14.2 Å². The molecule has 0 atom stereocenters. The molecule has 7 heteroatoms. The minimum absolute atomic E-state index is 0. The highest BCUT2D eigenvalue weighted by Gasteiger charge is 2.07. The quantitative estimate of drug-likeness (QED) is 0.231. The van der Waals surface area contributed by atoms with Gasteiger partial charge in [-0.3, -0.25) is 4.99 Å². The molecule has 0 spiro atoms. The Morgan fingerprint density at radius 1 is 0.931 bits per heavy atom. The second-order valence-electron chi connectivity index (χ2n) is 6.54. The molecule has 0 radical (unpaired) electrons. The van der Waals surface area contributed by atoms with Gasteiger partial charge in [0.1, 0.15) is 18.1 Å². The van der Waals surface area contributed by atoms with Crippen LogP contribution in [0.3, 0.4) is 0 Å². The number of ether oxygens (including phenoxy) is 3. The minimum atomic E-state index is 0. The largest absolute Gasteiger partial charge is 0.496 e. The van der Waals surface area contributed by atoms with Crippen molar-refractivity contribution in [2.45, 2.75) is 26.9 Å². The maximum absolute atomic E-state index is 5.85. The Kier molecular flexibility index (Phi) is 11.5. The van der Waals surface area contributed by atoms with Crippen LogP contribution in [-0.4, -0.2) is 40.4 Å². The summed E-state index contributed by atoms with van der Waals surface area (Å²) < 4.78 is 16.2. The van der Waals surface area contributed by atoms with Crippen molar-refractivity contribution in [3.8, 4) is 11.5 Å². The summed E-state index contributed by atoms with van der Waals surface area (Å²) in [5.74, 6) is 2.49. The van der Waals surface area contributed by atoms with Crippen LogP contribution >= 0.6 is 24.0 Å². The molecule has 0 aliphatic carbocycles. The Bertz CT molecular complexity index is 797. The lowest BCUT2D eigenvalue weighted by Crippen LogP contribution is -2.36. The number of hydrogen-bond acceptors (Lipinski definition) is 4. The first kappa shape index (κ1) is 25.0. The zero-order valence-corrected chi connectivity index (χ0v) is 20.2. The van der Waals surface area contributed by atoms with E-state index in [1.54, 1.807) is 21.3 Å². The number of halogens is 1. The Balaban J connectivity index is 0.00000420. The van der Waals surface area contributed by atoms with Gasteiger partial charge in [0.25, 0.3) is 0 Å². The van der Waals surface area contributed by atoms with E-state index in [0.29, 0.717) is 26.3 Å². The fourth-order valence-electron chi connectivity index (χ4n) is 2.81. The highest BCUT2D eigenvalue weighted by atomic mass is 127. The molecule has 0 saturated heterocycles. The summed E-state index contributed by atoms with van der Waals surface area (Å²) in [6, 6.07) is 12.3. The molecule has 0 aliphatic heterocycles. The van der Waals surface area contributed by atoms with E-state index in [-0.39, 0.29) is 24.0 Å². The number of nitrogens with one attached hydrogen (secondary N) is 2. The summed E-state index contributed by atoms with van der Waals surface area (Å²) in [6.07, 6.45) is 0. The fraction of sp³-hybridized carbons (Fsp3) is 0.409. The molecule has 2 aromatic rings. The Hall–Kier alpha value is -2.00. The molecule has 0 bridgehead atoms. The number of nitrogens with zero attached hydrogens (tertiary/aromatic N) is 1. The molecule has 0 aliphatic rings. The second-order valence-corrected chi connectivity index (χ2v) is 6.54. The van der Waals surface area contributed by atoms with Crippen LogP contribution in [0.15, 0.2) is 41.4 Å². The van der Waals surface area contributed by atoms with Crippen LogP contribution in [0.2, 0.25) is 0 Å². The standard InChI is InChI=1S/C22H31N3O3.HI/c1-16-6-8-19(21(12-16)28-11-10-26-4)15-25-22(23-3)24-14-18-7-9-20(27-5)17(2)13-18;/h6-9,12-13H,10-11,14-15H2,1-5H3,(H2,23,24,25);1H. The van der Waals surface area contributed by atoms with Crippen LogP contribution in [0.5, 0.6) is 11.5 Å². The van der Waals surface area contributed by atoms with Crippen molar-refractivity contribution in [2.75, 3.05) is 34.5 Å². The number of aliphatic imine (C=N–C) groups is 1. The monoisotopic (exact) mass is 513 g/mol. The molecule has 0 saturated carbocycles. The van der Waals surface area contributed by atoms with Crippen molar-refractivity contribution in [2.24, 2.45) is 4.99 Å². The van der Waals surface area contributed by atoms with E-state index < -0.39 is 0 Å². The number of aryl methyl sites for hydroxylation is 2. The molecular formula is C22H32IN3O3. The van der Waals surface area contributed by atoms with Gasteiger partial charge in [-0.1, -0.05) is 24.3 Å². The topological polar surface area (TPSA) is 64.1 Å². The summed E-state index contributed by atoms with van der Waals surface area (Å²) in [5.41, 5.74) is 4.51. The van der Waals surface area contributed by atoms with Gasteiger partial charge in [-0.05, 0) is 42.7 Å². The Morgan fingerprint density at radius 2 is 1.69 bits per heavy atom. The van der Waals surface area contributed by atoms with Crippen LogP contribution in [-0.2, 0) is 17.8 Å². The van der Waals surface area contributed by atoms with Crippen molar-refractivity contribution in [1.29, 1.82) is 0 Å². The SMILES string of the molecule is CN=C(NCc1ccc(OC)c(C)c1)NCc1ccc(C)cc1OCCOC.I. The number of benzene rings is 2. The highest BCUT2D eigenvalue weighted by Crippen LogP contribution is 2.20. The zero-order valence-electron chi connectivity index (χ0n) is 17.9. The summed E-state index contributed by atoms with van der Waals surface area (Å²) in [4.78, 5) is 4.31. The number of methoxy groups -OCH3 is 2. The van der Waals surface area contributed by atoms with Gasteiger partial charge in [-0.25, -0.2) is 0 Å². The summed E-state index contributed by atoms with van der Waals surface area (Å²) >= 11 is 0. The van der Waals surface area contributed by atoms with Gasteiger partial charge in [-0.2, -0.15) is 0 Å². The molecule has 160 valence electrons. The molecule has 2 rings (SSSR count). The van der Waals surface area contributed by atoms with Crippen LogP contribution < -0.4 is 20.1 Å². The highest BCUT2D eigenvalue weighted by molar-refractivity contribution is 14.0. The third-order valence-electron chi connectivity index (χ3n) is 4.36. The summed E-state index contributed by atoms with van der Waals surface area (Å²) in [5, 5.41) is 6.69. The lowest BCUT2D eigenvalue weighted by atomic mass is 10.1. The van der Waals surface area contributed by atoms with Crippen LogP contribution in [0.1, 0.15) is 22.3 Å². The predicted molar refractivity (Wildman–Crippen MR) is 129 cm³/mol. The smallest absolute Gasteiger partial charge is 0.191 e. The maximum atomic E-state index is 5.85. The molecule has 6 nitrogen and oxygen atoms in total. The van der Waals surface area contributed by atoms with E-state index in [1.165, 1.54) is 5.56 Å². The third-order valence-corrected chi connectivity index (χ3v) is 4.36. The maximum Gasteiger partial charge on any atom is 0.191 e. The third kappa shape index (κ3) is 8.10. The van der Waals surface area contributed by atoms with Crippen molar-refractivity contribution >= 4 is 29.9 Å². The van der Waals surface area contributed by atoms with Crippen LogP contribution in [0, 0.1) is 13.8 Å².